The summed E-state index contributed by atoms with van der Waals surface area (Å²) in [6, 6.07) is 8.67. The molecule has 1 aliphatic rings. The predicted molar refractivity (Wildman–Crippen MR) is 189 cm³/mol. The van der Waals surface area contributed by atoms with Crippen molar-refractivity contribution in [3.63, 3.8) is 0 Å². The number of benzene rings is 1. The summed E-state index contributed by atoms with van der Waals surface area (Å²) >= 11 is 0. The Labute approximate surface area is 289 Å². The summed E-state index contributed by atoms with van der Waals surface area (Å²) in [6.07, 6.45) is 2.81. The first-order valence-electron chi connectivity index (χ1n) is 17.7. The zero-order chi connectivity index (χ0) is 36.0. The lowest BCUT2D eigenvalue weighted by molar-refractivity contribution is -0.147. The van der Waals surface area contributed by atoms with Gasteiger partial charge in [-0.3, -0.25) is 19.2 Å². The number of rotatable bonds is 20. The molecule has 1 saturated heterocycles. The zero-order valence-electron chi connectivity index (χ0n) is 31.2. The maximum Gasteiger partial charge on any atom is 0.245 e. The van der Waals surface area contributed by atoms with Gasteiger partial charge in [0.2, 0.25) is 23.6 Å². The highest BCUT2D eigenvalue weighted by Gasteiger charge is 2.42. The number of likely N-dealkylation sites (tertiary alicyclic amines) is 1. The molecule has 8 atom stereocenters. The summed E-state index contributed by atoms with van der Waals surface area (Å²) in [6.45, 7) is 11.2. The number of nitrogens with zero attached hydrogens (tertiary/aromatic N) is 3. The number of carbonyl (C=O) groups is 4. The van der Waals surface area contributed by atoms with Gasteiger partial charge in [0, 0.05) is 34.4 Å². The summed E-state index contributed by atoms with van der Waals surface area (Å²) in [5.74, 6) is -1.11. The molecule has 1 aromatic carbocycles. The number of hydrogen-bond donors (Lipinski definition) is 2. The molecular formula is C37H63N5O6. The van der Waals surface area contributed by atoms with E-state index in [4.69, 9.17) is 9.47 Å². The molecule has 11 nitrogen and oxygen atoms in total. The molecule has 48 heavy (non-hydrogen) atoms. The van der Waals surface area contributed by atoms with E-state index >= 15 is 0 Å². The van der Waals surface area contributed by atoms with E-state index in [0.717, 1.165) is 31.2 Å². The van der Waals surface area contributed by atoms with Crippen LogP contribution in [-0.2, 0) is 35.1 Å². The normalized spacial score (nSPS) is 19.1. The highest BCUT2D eigenvalue weighted by atomic mass is 16.5. The summed E-state index contributed by atoms with van der Waals surface area (Å²) in [5, 5.41) is 6.01. The van der Waals surface area contributed by atoms with Crippen molar-refractivity contribution in [3.8, 4) is 0 Å². The molecular weight excluding hydrogens is 610 g/mol. The van der Waals surface area contributed by atoms with Gasteiger partial charge in [0.05, 0.1) is 43.2 Å². The largest absolute Gasteiger partial charge is 0.379 e. The molecule has 0 bridgehead atoms. The van der Waals surface area contributed by atoms with Crippen LogP contribution in [-0.4, -0.2) is 124 Å². The second-order valence-corrected chi connectivity index (χ2v) is 13.8. The van der Waals surface area contributed by atoms with Gasteiger partial charge in [-0.15, -0.1) is 0 Å². The Morgan fingerprint density at radius 2 is 1.60 bits per heavy atom. The third-order valence-electron chi connectivity index (χ3n) is 10.1. The maximum atomic E-state index is 14.1. The quantitative estimate of drug-likeness (QED) is 0.218. The monoisotopic (exact) mass is 673 g/mol. The van der Waals surface area contributed by atoms with E-state index in [1.807, 2.05) is 70.1 Å². The number of likely N-dealkylation sites (N-methyl/N-ethyl adjacent to an activating group) is 2. The van der Waals surface area contributed by atoms with Crippen LogP contribution in [0.1, 0.15) is 72.3 Å². The number of nitrogens with one attached hydrogen (secondary N) is 2. The summed E-state index contributed by atoms with van der Waals surface area (Å²) in [5.41, 5.74) is 1.15. The van der Waals surface area contributed by atoms with Crippen LogP contribution in [0.15, 0.2) is 30.3 Å². The number of carbonyl (C=O) groups excluding carboxylic acids is 4. The van der Waals surface area contributed by atoms with E-state index in [1.54, 1.807) is 31.1 Å². The lowest BCUT2D eigenvalue weighted by Gasteiger charge is -2.41. The highest BCUT2D eigenvalue weighted by molar-refractivity contribution is 5.89. The van der Waals surface area contributed by atoms with E-state index in [0.29, 0.717) is 19.5 Å². The van der Waals surface area contributed by atoms with Gasteiger partial charge in [-0.25, -0.2) is 0 Å². The van der Waals surface area contributed by atoms with Crippen LogP contribution in [0.25, 0.3) is 0 Å². The van der Waals surface area contributed by atoms with Gasteiger partial charge in [-0.2, -0.15) is 0 Å². The molecule has 2 rings (SSSR count). The van der Waals surface area contributed by atoms with E-state index in [9.17, 15) is 19.2 Å². The van der Waals surface area contributed by atoms with Crippen molar-refractivity contribution >= 4 is 23.6 Å². The smallest absolute Gasteiger partial charge is 0.245 e. The van der Waals surface area contributed by atoms with Gasteiger partial charge in [-0.1, -0.05) is 77.8 Å². The van der Waals surface area contributed by atoms with Crippen molar-refractivity contribution in [2.75, 3.05) is 55.0 Å². The number of hydrogen-bond acceptors (Lipinski definition) is 7. The topological polar surface area (TPSA) is 121 Å². The molecule has 0 aromatic heterocycles. The van der Waals surface area contributed by atoms with E-state index < -0.39 is 30.2 Å². The molecule has 0 radical (unpaired) electrons. The lowest BCUT2D eigenvalue weighted by Crippen LogP contribution is -2.58. The zero-order valence-corrected chi connectivity index (χ0v) is 31.2. The fraction of sp³-hybridized carbons (Fsp3) is 0.730. The van der Waals surface area contributed by atoms with Crippen LogP contribution < -0.4 is 10.6 Å². The minimum atomic E-state index is -0.696. The van der Waals surface area contributed by atoms with E-state index in [-0.39, 0.29) is 54.5 Å². The first-order chi connectivity index (χ1) is 22.8. The molecule has 1 aliphatic heterocycles. The molecule has 0 spiro atoms. The van der Waals surface area contributed by atoms with Crippen molar-refractivity contribution in [2.24, 2.45) is 17.8 Å². The van der Waals surface area contributed by atoms with Crippen molar-refractivity contribution < 1.29 is 28.7 Å². The molecule has 0 unspecified atom stereocenters. The minimum Gasteiger partial charge on any atom is -0.379 e. The molecule has 1 heterocycles. The molecule has 0 aliphatic carbocycles. The summed E-state index contributed by atoms with van der Waals surface area (Å²) < 4.78 is 11.9. The SMILES string of the molecule is CC[C@H](C)[C@@H]([C@@H](CC(=O)N1CCC[C@H]1[C@H](OC)[C@@H](C)C(=O)NCCc1ccccc1)OC)N(C)C(=O)[C@@H](NC(=O)CN(C)C)[C@@H](C)CC. The lowest BCUT2D eigenvalue weighted by atomic mass is 9.89. The van der Waals surface area contributed by atoms with Crippen molar-refractivity contribution in [2.45, 2.75) is 103 Å². The number of methoxy groups -OCH3 is 2. The van der Waals surface area contributed by atoms with Crippen LogP contribution in [0.3, 0.4) is 0 Å². The van der Waals surface area contributed by atoms with Gasteiger partial charge in [0.25, 0.3) is 0 Å². The Morgan fingerprint density at radius 1 is 0.958 bits per heavy atom. The van der Waals surface area contributed by atoms with E-state index in [2.05, 4.69) is 24.5 Å². The molecule has 0 saturated carbocycles. The van der Waals surface area contributed by atoms with Gasteiger partial charge in [-0.05, 0) is 50.8 Å². The number of amides is 4. The van der Waals surface area contributed by atoms with Crippen molar-refractivity contribution in [3.05, 3.63) is 35.9 Å². The van der Waals surface area contributed by atoms with E-state index in [1.165, 1.54) is 0 Å². The summed E-state index contributed by atoms with van der Waals surface area (Å²) in [4.78, 5) is 59.3. The van der Waals surface area contributed by atoms with Crippen LogP contribution in [0, 0.1) is 17.8 Å². The third-order valence-corrected chi connectivity index (χ3v) is 10.1. The van der Waals surface area contributed by atoms with Crippen LogP contribution >= 0.6 is 0 Å². The Hall–Kier alpha value is -3.02. The first-order valence-corrected chi connectivity index (χ1v) is 17.7. The van der Waals surface area contributed by atoms with Crippen LogP contribution in [0.5, 0.6) is 0 Å². The van der Waals surface area contributed by atoms with Crippen LogP contribution in [0.2, 0.25) is 0 Å². The second kappa shape index (κ2) is 20.5. The molecule has 11 heteroatoms. The average Bonchev–Trinajstić information content (AvgIpc) is 3.56. The maximum absolute atomic E-state index is 14.1. The molecule has 1 fully saturated rings. The van der Waals surface area contributed by atoms with Crippen molar-refractivity contribution in [1.29, 1.82) is 0 Å². The third kappa shape index (κ3) is 11.6. The van der Waals surface area contributed by atoms with Crippen LogP contribution in [0.4, 0.5) is 0 Å². The van der Waals surface area contributed by atoms with Gasteiger partial charge < -0.3 is 34.8 Å². The predicted octanol–water partition coefficient (Wildman–Crippen LogP) is 3.36. The Balaban J connectivity index is 2.19. The molecule has 1 aromatic rings. The molecule has 272 valence electrons. The average molecular weight is 674 g/mol. The molecule has 4 amide bonds. The number of ether oxygens (including phenoxy) is 2. The minimum absolute atomic E-state index is 0.0208. The Morgan fingerprint density at radius 3 is 2.17 bits per heavy atom. The molecule has 2 N–H and O–H groups in total. The standard InChI is InChI=1S/C37H63N5O6/c1-11-25(3)33(39-31(43)24-40(6)7)37(46)41(8)34(26(4)12-2)30(47-9)23-32(44)42-22-16-19-29(42)35(48-10)27(5)36(45)38-21-20-28-17-14-13-15-18-28/h13-15,17-18,25-27,29-30,33-35H,11-12,16,19-24H2,1-10H3,(H,38,45)(H,39,43)/t25-,26-,27+,29-,30+,33-,34-,35+/m0/s1. The van der Waals surface area contributed by atoms with Gasteiger partial charge >= 0.3 is 0 Å². The fourth-order valence-corrected chi connectivity index (χ4v) is 6.85. The fourth-order valence-electron chi connectivity index (χ4n) is 6.85. The van der Waals surface area contributed by atoms with Gasteiger partial charge in [0.1, 0.15) is 6.04 Å². The van der Waals surface area contributed by atoms with Crippen molar-refractivity contribution in [1.82, 2.24) is 25.3 Å². The summed E-state index contributed by atoms with van der Waals surface area (Å²) in [7, 11) is 8.56. The first kappa shape index (κ1) is 41.2. The van der Waals surface area contributed by atoms with Gasteiger partial charge in [0.15, 0.2) is 0 Å². The second-order valence-electron chi connectivity index (χ2n) is 13.8. The Kier molecular flexibility index (Phi) is 17.6. The highest BCUT2D eigenvalue weighted by Crippen LogP contribution is 2.29. The Bertz CT molecular complexity index is 1150.